The number of thioether (sulfide) groups is 1. The number of nitrogens with zero attached hydrogens (tertiary/aromatic N) is 1. The average Bonchev–Trinajstić information content (AvgIpc) is 2.70. The number of benzene rings is 1. The van der Waals surface area contributed by atoms with Crippen molar-refractivity contribution < 1.29 is 4.79 Å². The van der Waals surface area contributed by atoms with Crippen LogP contribution in [0, 0.1) is 0 Å². The van der Waals surface area contributed by atoms with E-state index in [2.05, 4.69) is 10.2 Å². The van der Waals surface area contributed by atoms with Gasteiger partial charge in [0.15, 0.2) is 0 Å². The fourth-order valence-electron chi connectivity index (χ4n) is 2.27. The van der Waals surface area contributed by atoms with Crippen LogP contribution >= 0.6 is 11.8 Å². The van der Waals surface area contributed by atoms with Crippen molar-refractivity contribution in [1.29, 1.82) is 0 Å². The van der Waals surface area contributed by atoms with Crippen molar-refractivity contribution in [1.82, 2.24) is 4.90 Å². The van der Waals surface area contributed by atoms with E-state index in [1.54, 1.807) is 12.1 Å². The highest BCUT2D eigenvalue weighted by Crippen LogP contribution is 2.12. The SMILES string of the molecule is Nc1ccc(NC(=O)CCCN2CCCSCC2)cc1. The molecule has 0 aliphatic carbocycles. The number of rotatable bonds is 5. The summed E-state index contributed by atoms with van der Waals surface area (Å²) in [5.74, 6) is 2.57. The van der Waals surface area contributed by atoms with Gasteiger partial charge in [-0.2, -0.15) is 11.8 Å². The number of hydrogen-bond donors (Lipinski definition) is 2. The van der Waals surface area contributed by atoms with Crippen LogP contribution in [0.25, 0.3) is 0 Å². The molecule has 4 nitrogen and oxygen atoms in total. The molecular formula is C15H23N3OS. The maximum absolute atomic E-state index is 11.8. The van der Waals surface area contributed by atoms with Crippen LogP contribution in [-0.2, 0) is 4.79 Å². The van der Waals surface area contributed by atoms with Crippen LogP contribution in [0.3, 0.4) is 0 Å². The highest BCUT2D eigenvalue weighted by atomic mass is 32.2. The summed E-state index contributed by atoms with van der Waals surface area (Å²) in [5.41, 5.74) is 7.14. The Morgan fingerprint density at radius 2 is 2.05 bits per heavy atom. The molecular weight excluding hydrogens is 270 g/mol. The summed E-state index contributed by atoms with van der Waals surface area (Å²) < 4.78 is 0. The van der Waals surface area contributed by atoms with Gasteiger partial charge in [-0.3, -0.25) is 4.79 Å². The number of hydrogen-bond acceptors (Lipinski definition) is 4. The Morgan fingerprint density at radius 3 is 2.85 bits per heavy atom. The fraction of sp³-hybridized carbons (Fsp3) is 0.533. The lowest BCUT2D eigenvalue weighted by Crippen LogP contribution is -2.27. The highest BCUT2D eigenvalue weighted by Gasteiger charge is 2.09. The third-order valence-electron chi connectivity index (χ3n) is 3.39. The van der Waals surface area contributed by atoms with Gasteiger partial charge in [0.25, 0.3) is 0 Å². The van der Waals surface area contributed by atoms with Gasteiger partial charge in [-0.1, -0.05) is 0 Å². The molecule has 0 aromatic heterocycles. The number of carbonyl (C=O) groups excluding carboxylic acids is 1. The molecule has 0 saturated carbocycles. The quantitative estimate of drug-likeness (QED) is 0.819. The van der Waals surface area contributed by atoms with E-state index in [-0.39, 0.29) is 5.91 Å². The first-order valence-electron chi connectivity index (χ1n) is 7.19. The second-order valence-electron chi connectivity index (χ2n) is 5.08. The zero-order valence-electron chi connectivity index (χ0n) is 11.8. The van der Waals surface area contributed by atoms with E-state index in [0.29, 0.717) is 12.1 Å². The molecule has 1 aliphatic rings. The van der Waals surface area contributed by atoms with Crippen LogP contribution in [0.15, 0.2) is 24.3 Å². The second-order valence-corrected chi connectivity index (χ2v) is 6.31. The van der Waals surface area contributed by atoms with Gasteiger partial charge < -0.3 is 16.0 Å². The predicted molar refractivity (Wildman–Crippen MR) is 87.1 cm³/mol. The third kappa shape index (κ3) is 5.43. The van der Waals surface area contributed by atoms with Crippen molar-refractivity contribution in [2.75, 3.05) is 42.2 Å². The summed E-state index contributed by atoms with van der Waals surface area (Å²) in [6.07, 6.45) is 2.77. The molecule has 5 heteroatoms. The Bertz CT molecular complexity index is 414. The van der Waals surface area contributed by atoms with E-state index >= 15 is 0 Å². The molecule has 1 aliphatic heterocycles. The summed E-state index contributed by atoms with van der Waals surface area (Å²) in [6.45, 7) is 3.35. The Labute approximate surface area is 125 Å². The molecule has 1 aromatic rings. The Kier molecular flexibility index (Phi) is 6.21. The van der Waals surface area contributed by atoms with Crippen LogP contribution in [0.2, 0.25) is 0 Å². The first-order valence-corrected chi connectivity index (χ1v) is 8.35. The maximum atomic E-state index is 11.8. The van der Waals surface area contributed by atoms with Gasteiger partial charge in [0.05, 0.1) is 0 Å². The number of anilines is 2. The number of carbonyl (C=O) groups is 1. The standard InChI is InChI=1S/C15H23N3OS/c16-13-4-6-14(7-5-13)17-15(19)3-1-8-18-9-2-11-20-12-10-18/h4-7H,1-3,8-12,16H2,(H,17,19). The minimum atomic E-state index is 0.0824. The van der Waals surface area contributed by atoms with E-state index in [4.69, 9.17) is 5.73 Å². The molecule has 1 heterocycles. The van der Waals surface area contributed by atoms with Crippen LogP contribution in [0.4, 0.5) is 11.4 Å². The first-order chi connectivity index (χ1) is 9.74. The predicted octanol–water partition coefficient (Wildman–Crippen LogP) is 2.43. The Balaban J connectivity index is 1.65. The molecule has 1 amide bonds. The van der Waals surface area contributed by atoms with Gasteiger partial charge in [0.2, 0.25) is 5.91 Å². The molecule has 0 bridgehead atoms. The lowest BCUT2D eigenvalue weighted by molar-refractivity contribution is -0.116. The number of amides is 1. The molecule has 3 N–H and O–H groups in total. The topological polar surface area (TPSA) is 58.4 Å². The summed E-state index contributed by atoms with van der Waals surface area (Å²) in [7, 11) is 0. The lowest BCUT2D eigenvalue weighted by atomic mass is 10.2. The van der Waals surface area contributed by atoms with Crippen molar-refractivity contribution in [3.63, 3.8) is 0 Å². The van der Waals surface area contributed by atoms with Crippen molar-refractivity contribution in [3.05, 3.63) is 24.3 Å². The lowest BCUT2D eigenvalue weighted by Gasteiger charge is -2.18. The van der Waals surface area contributed by atoms with Crippen molar-refractivity contribution in [3.8, 4) is 0 Å². The fourth-order valence-corrected chi connectivity index (χ4v) is 3.20. The van der Waals surface area contributed by atoms with Crippen LogP contribution < -0.4 is 11.1 Å². The highest BCUT2D eigenvalue weighted by molar-refractivity contribution is 7.99. The second kappa shape index (κ2) is 8.17. The van der Waals surface area contributed by atoms with E-state index in [0.717, 1.165) is 25.2 Å². The van der Waals surface area contributed by atoms with Gasteiger partial charge in [0.1, 0.15) is 0 Å². The third-order valence-corrected chi connectivity index (χ3v) is 4.44. The normalized spacial score (nSPS) is 16.6. The largest absolute Gasteiger partial charge is 0.399 e. The number of nitrogen functional groups attached to an aromatic ring is 1. The summed E-state index contributed by atoms with van der Waals surface area (Å²) in [4.78, 5) is 14.3. The van der Waals surface area contributed by atoms with E-state index in [1.807, 2.05) is 23.9 Å². The average molecular weight is 293 g/mol. The minimum Gasteiger partial charge on any atom is -0.399 e. The molecule has 0 unspecified atom stereocenters. The number of nitrogens with one attached hydrogen (secondary N) is 1. The summed E-state index contributed by atoms with van der Waals surface area (Å²) in [6, 6.07) is 7.26. The van der Waals surface area contributed by atoms with Crippen molar-refractivity contribution >= 4 is 29.0 Å². The molecule has 1 fully saturated rings. The van der Waals surface area contributed by atoms with Crippen LogP contribution in [0.1, 0.15) is 19.3 Å². The maximum Gasteiger partial charge on any atom is 0.224 e. The minimum absolute atomic E-state index is 0.0824. The van der Waals surface area contributed by atoms with Gasteiger partial charge >= 0.3 is 0 Å². The molecule has 110 valence electrons. The molecule has 0 spiro atoms. The van der Waals surface area contributed by atoms with Gasteiger partial charge in [-0.15, -0.1) is 0 Å². The zero-order chi connectivity index (χ0) is 14.2. The molecule has 1 aromatic carbocycles. The van der Waals surface area contributed by atoms with Crippen molar-refractivity contribution in [2.24, 2.45) is 0 Å². The molecule has 0 atom stereocenters. The van der Waals surface area contributed by atoms with E-state index in [1.165, 1.54) is 24.5 Å². The van der Waals surface area contributed by atoms with Crippen LogP contribution in [0.5, 0.6) is 0 Å². The molecule has 20 heavy (non-hydrogen) atoms. The van der Waals surface area contributed by atoms with E-state index in [9.17, 15) is 4.79 Å². The van der Waals surface area contributed by atoms with Crippen LogP contribution in [-0.4, -0.2) is 41.9 Å². The van der Waals surface area contributed by atoms with Gasteiger partial charge in [-0.05, 0) is 55.9 Å². The summed E-state index contributed by atoms with van der Waals surface area (Å²) >= 11 is 2.03. The van der Waals surface area contributed by atoms with E-state index < -0.39 is 0 Å². The smallest absolute Gasteiger partial charge is 0.224 e. The first kappa shape index (κ1) is 15.2. The summed E-state index contributed by atoms with van der Waals surface area (Å²) in [5, 5.41) is 2.90. The van der Waals surface area contributed by atoms with Gasteiger partial charge in [-0.25, -0.2) is 0 Å². The molecule has 1 saturated heterocycles. The monoisotopic (exact) mass is 293 g/mol. The Morgan fingerprint density at radius 1 is 1.25 bits per heavy atom. The number of nitrogens with two attached hydrogens (primary N) is 1. The molecule has 0 radical (unpaired) electrons. The van der Waals surface area contributed by atoms with Gasteiger partial charge in [0, 0.05) is 30.1 Å². The molecule has 2 rings (SSSR count). The Hall–Kier alpha value is -1.20. The zero-order valence-corrected chi connectivity index (χ0v) is 12.6. The van der Waals surface area contributed by atoms with Crippen molar-refractivity contribution in [2.45, 2.75) is 19.3 Å².